The van der Waals surface area contributed by atoms with Crippen molar-refractivity contribution in [2.24, 2.45) is 0 Å². The molecule has 0 bridgehead atoms. The summed E-state index contributed by atoms with van der Waals surface area (Å²) in [5.41, 5.74) is 4.00. The molecular weight excluding hydrogens is 382 g/mol. The summed E-state index contributed by atoms with van der Waals surface area (Å²) in [6.07, 6.45) is 2.77. The molecule has 3 aliphatic rings. The van der Waals surface area contributed by atoms with E-state index in [0.29, 0.717) is 18.0 Å². The summed E-state index contributed by atoms with van der Waals surface area (Å²) in [5.74, 6) is 1.23. The third-order valence-corrected chi connectivity index (χ3v) is 6.12. The molecule has 1 fully saturated rings. The highest BCUT2D eigenvalue weighted by atomic mass is 16.5. The largest absolute Gasteiger partial charge is 0.493 e. The zero-order valence-electron chi connectivity index (χ0n) is 17.2. The molecule has 1 N–H and O–H groups in total. The fourth-order valence-electron chi connectivity index (χ4n) is 4.51. The summed E-state index contributed by atoms with van der Waals surface area (Å²) in [5, 5.41) is 2.99. The van der Waals surface area contributed by atoms with Crippen molar-refractivity contribution in [3.05, 3.63) is 53.1 Å². The van der Waals surface area contributed by atoms with E-state index in [1.165, 1.54) is 0 Å². The van der Waals surface area contributed by atoms with Gasteiger partial charge in [-0.2, -0.15) is 0 Å². The van der Waals surface area contributed by atoms with Gasteiger partial charge in [0, 0.05) is 18.2 Å². The van der Waals surface area contributed by atoms with Gasteiger partial charge in [-0.15, -0.1) is 0 Å². The van der Waals surface area contributed by atoms with Gasteiger partial charge in [-0.05, 0) is 48.6 Å². The number of methoxy groups -OCH3 is 2. The molecule has 0 aromatic heterocycles. The maximum atomic E-state index is 13.5. The summed E-state index contributed by atoms with van der Waals surface area (Å²) in [4.78, 5) is 29.4. The summed E-state index contributed by atoms with van der Waals surface area (Å²) in [6, 6.07) is 11.8. The molecule has 2 aromatic carbocycles. The van der Waals surface area contributed by atoms with Crippen molar-refractivity contribution in [2.75, 3.05) is 32.2 Å². The van der Waals surface area contributed by atoms with Crippen molar-refractivity contribution < 1.29 is 19.1 Å². The van der Waals surface area contributed by atoms with Crippen LogP contribution in [0.1, 0.15) is 35.6 Å². The fraction of sp³-hybridized carbons (Fsp3) is 0.391. The first-order valence-corrected chi connectivity index (χ1v) is 10.3. The van der Waals surface area contributed by atoms with Crippen LogP contribution in [-0.4, -0.2) is 50.2 Å². The molecular formula is C23H25N3O4. The minimum Gasteiger partial charge on any atom is -0.493 e. The lowest BCUT2D eigenvalue weighted by Gasteiger charge is -2.45. The van der Waals surface area contributed by atoms with E-state index >= 15 is 0 Å². The molecule has 0 spiro atoms. The van der Waals surface area contributed by atoms with Crippen molar-refractivity contribution in [3.8, 4) is 11.5 Å². The van der Waals surface area contributed by atoms with Gasteiger partial charge >= 0.3 is 6.03 Å². The predicted octanol–water partition coefficient (Wildman–Crippen LogP) is 2.87. The minimum atomic E-state index is -0.208. The van der Waals surface area contributed by atoms with E-state index < -0.39 is 0 Å². The topological polar surface area (TPSA) is 71.1 Å². The first-order chi connectivity index (χ1) is 14.6. The SMILES string of the molecule is COc1cc2c(cc1OC)C1c3ccccc3N(CC(=O)NC3CC3)C(=O)N1CC2. The van der Waals surface area contributed by atoms with E-state index in [1.54, 1.807) is 19.1 Å². The number of carbonyl (C=O) groups is 2. The molecule has 1 aliphatic carbocycles. The molecule has 2 aliphatic heterocycles. The highest BCUT2D eigenvalue weighted by Gasteiger charge is 2.42. The van der Waals surface area contributed by atoms with Crippen molar-refractivity contribution in [1.29, 1.82) is 0 Å². The fourth-order valence-corrected chi connectivity index (χ4v) is 4.51. The molecule has 1 saturated carbocycles. The van der Waals surface area contributed by atoms with E-state index in [4.69, 9.17) is 9.47 Å². The third-order valence-electron chi connectivity index (χ3n) is 6.12. The lowest BCUT2D eigenvalue weighted by atomic mass is 9.85. The van der Waals surface area contributed by atoms with Crippen molar-refractivity contribution in [2.45, 2.75) is 31.3 Å². The van der Waals surface area contributed by atoms with Crippen LogP contribution in [0.3, 0.4) is 0 Å². The van der Waals surface area contributed by atoms with E-state index in [1.807, 2.05) is 41.3 Å². The van der Waals surface area contributed by atoms with E-state index in [-0.39, 0.29) is 30.6 Å². The Bertz CT molecular complexity index is 1020. The minimum absolute atomic E-state index is 0.0361. The first-order valence-electron chi connectivity index (χ1n) is 10.3. The predicted molar refractivity (Wildman–Crippen MR) is 112 cm³/mol. The number of fused-ring (bicyclic) bond motifs is 5. The van der Waals surface area contributed by atoms with Crippen LogP contribution >= 0.6 is 0 Å². The smallest absolute Gasteiger partial charge is 0.325 e. The molecule has 0 saturated heterocycles. The Labute approximate surface area is 175 Å². The van der Waals surface area contributed by atoms with Crippen molar-refractivity contribution in [1.82, 2.24) is 10.2 Å². The Morgan fingerprint density at radius 2 is 1.83 bits per heavy atom. The van der Waals surface area contributed by atoms with Crippen LogP contribution in [0.5, 0.6) is 11.5 Å². The van der Waals surface area contributed by atoms with Gasteiger partial charge in [-0.25, -0.2) is 4.79 Å². The second-order valence-corrected chi connectivity index (χ2v) is 8.02. The molecule has 7 heteroatoms. The number of benzene rings is 2. The van der Waals surface area contributed by atoms with Gasteiger partial charge in [0.1, 0.15) is 6.54 Å². The molecule has 2 aromatic rings. The van der Waals surface area contributed by atoms with Gasteiger partial charge in [0.15, 0.2) is 11.5 Å². The second-order valence-electron chi connectivity index (χ2n) is 8.02. The Kier molecular flexibility index (Phi) is 4.53. The summed E-state index contributed by atoms with van der Waals surface area (Å²) < 4.78 is 11.0. The normalized spacial score (nSPS) is 19.5. The molecule has 2 heterocycles. The molecule has 7 nitrogen and oxygen atoms in total. The van der Waals surface area contributed by atoms with E-state index in [9.17, 15) is 9.59 Å². The average molecular weight is 407 g/mol. The molecule has 3 amide bonds. The zero-order valence-corrected chi connectivity index (χ0v) is 17.2. The number of carbonyl (C=O) groups excluding carboxylic acids is 2. The third kappa shape index (κ3) is 3.05. The van der Waals surface area contributed by atoms with Crippen LogP contribution in [0, 0.1) is 0 Å². The molecule has 1 atom stereocenters. The van der Waals surface area contributed by atoms with Gasteiger partial charge in [0.05, 0.1) is 25.9 Å². The van der Waals surface area contributed by atoms with Crippen molar-refractivity contribution >= 4 is 17.6 Å². The van der Waals surface area contributed by atoms with Gasteiger partial charge in [0.25, 0.3) is 0 Å². The summed E-state index contributed by atoms with van der Waals surface area (Å²) in [6.45, 7) is 0.620. The molecule has 1 unspecified atom stereocenters. The van der Waals surface area contributed by atoms with E-state index in [0.717, 1.165) is 41.6 Å². The molecule has 30 heavy (non-hydrogen) atoms. The maximum absolute atomic E-state index is 13.5. The van der Waals surface area contributed by atoms with Gasteiger partial charge in [0.2, 0.25) is 5.91 Å². The van der Waals surface area contributed by atoms with Gasteiger partial charge in [-0.3, -0.25) is 9.69 Å². The number of nitrogens with one attached hydrogen (secondary N) is 1. The Hall–Kier alpha value is -3.22. The highest BCUT2D eigenvalue weighted by Crippen LogP contribution is 2.46. The van der Waals surface area contributed by atoms with Crippen LogP contribution in [0.25, 0.3) is 0 Å². The number of ether oxygens (including phenoxy) is 2. The second kappa shape index (κ2) is 7.23. The quantitative estimate of drug-likeness (QED) is 0.827. The number of rotatable bonds is 5. The van der Waals surface area contributed by atoms with Gasteiger partial charge in [-0.1, -0.05) is 18.2 Å². The van der Waals surface area contributed by atoms with Crippen LogP contribution in [0.4, 0.5) is 10.5 Å². The van der Waals surface area contributed by atoms with Gasteiger partial charge < -0.3 is 19.7 Å². The standard InChI is InChI=1S/C23H25N3O4/c1-29-19-11-14-9-10-25-22(17(14)12-20(19)30-2)16-5-3-4-6-18(16)26(23(25)28)13-21(27)24-15-7-8-15/h3-6,11-12,15,22H,7-10,13H2,1-2H3,(H,24,27). The molecule has 156 valence electrons. The number of urea groups is 1. The number of hydrogen-bond donors (Lipinski definition) is 1. The van der Waals surface area contributed by atoms with Crippen LogP contribution < -0.4 is 19.7 Å². The highest BCUT2D eigenvalue weighted by molar-refractivity contribution is 6.01. The van der Waals surface area contributed by atoms with Crippen LogP contribution in [0.15, 0.2) is 36.4 Å². The van der Waals surface area contributed by atoms with Crippen LogP contribution in [0.2, 0.25) is 0 Å². The van der Waals surface area contributed by atoms with Crippen LogP contribution in [-0.2, 0) is 11.2 Å². The molecule has 5 rings (SSSR count). The molecule has 0 radical (unpaired) electrons. The number of hydrogen-bond acceptors (Lipinski definition) is 4. The Morgan fingerprint density at radius 1 is 1.10 bits per heavy atom. The summed E-state index contributed by atoms with van der Waals surface area (Å²) in [7, 11) is 3.24. The van der Waals surface area contributed by atoms with Crippen molar-refractivity contribution in [3.63, 3.8) is 0 Å². The monoisotopic (exact) mass is 407 g/mol. The summed E-state index contributed by atoms with van der Waals surface area (Å²) >= 11 is 0. The average Bonchev–Trinajstić information content (AvgIpc) is 3.58. The lowest BCUT2D eigenvalue weighted by molar-refractivity contribution is -0.119. The maximum Gasteiger partial charge on any atom is 0.325 e. The lowest BCUT2D eigenvalue weighted by Crippen LogP contribution is -2.54. The number of nitrogens with zero attached hydrogens (tertiary/aromatic N) is 2. The first kappa shape index (κ1) is 18.8. The number of anilines is 1. The number of para-hydroxylation sites is 1. The number of amides is 3. The zero-order chi connectivity index (χ0) is 20.8. The Morgan fingerprint density at radius 3 is 2.57 bits per heavy atom. The van der Waals surface area contributed by atoms with E-state index in [2.05, 4.69) is 5.32 Å². The Balaban J connectivity index is 1.57.